The van der Waals surface area contributed by atoms with Crippen LogP contribution in [0.1, 0.15) is 46.5 Å². The molecule has 1 saturated carbocycles. The summed E-state index contributed by atoms with van der Waals surface area (Å²) in [7, 11) is 0. The summed E-state index contributed by atoms with van der Waals surface area (Å²) in [5, 5.41) is 0. The van der Waals surface area contributed by atoms with E-state index in [1.54, 1.807) is 0 Å². The minimum atomic E-state index is 0.255. The highest BCUT2D eigenvalue weighted by Crippen LogP contribution is 2.47. The first-order valence-electron chi connectivity index (χ1n) is 7.73. The van der Waals surface area contributed by atoms with E-state index in [9.17, 15) is 0 Å². The van der Waals surface area contributed by atoms with Crippen LogP contribution in [0.15, 0.2) is 0 Å². The quantitative estimate of drug-likeness (QED) is 0.834. The van der Waals surface area contributed by atoms with E-state index < -0.39 is 0 Å². The fraction of sp³-hybridized carbons (Fsp3) is 1.00. The van der Waals surface area contributed by atoms with Gasteiger partial charge in [-0.1, -0.05) is 33.6 Å². The SMILES string of the molecule is CCN1CCN(C2(CN)CCCCC2(C)C)CC1. The largest absolute Gasteiger partial charge is 0.329 e. The third kappa shape index (κ3) is 2.33. The number of hydrogen-bond donors (Lipinski definition) is 1. The van der Waals surface area contributed by atoms with Crippen LogP contribution < -0.4 is 5.73 Å². The maximum Gasteiger partial charge on any atom is 0.0383 e. The van der Waals surface area contributed by atoms with Gasteiger partial charge in [0, 0.05) is 38.3 Å². The summed E-state index contributed by atoms with van der Waals surface area (Å²) in [5.74, 6) is 0. The molecule has 0 bridgehead atoms. The molecule has 1 aliphatic carbocycles. The van der Waals surface area contributed by atoms with Crippen molar-refractivity contribution in [1.82, 2.24) is 9.80 Å². The molecule has 1 unspecified atom stereocenters. The Morgan fingerprint density at radius 3 is 2.11 bits per heavy atom. The summed E-state index contributed by atoms with van der Waals surface area (Å²) in [6.45, 7) is 14.0. The van der Waals surface area contributed by atoms with Crippen LogP contribution in [0.25, 0.3) is 0 Å². The highest BCUT2D eigenvalue weighted by Gasteiger charge is 2.49. The van der Waals surface area contributed by atoms with Crippen LogP contribution >= 0.6 is 0 Å². The van der Waals surface area contributed by atoms with Gasteiger partial charge in [-0.25, -0.2) is 0 Å². The molecule has 0 aromatic heterocycles. The summed E-state index contributed by atoms with van der Waals surface area (Å²) < 4.78 is 0. The van der Waals surface area contributed by atoms with Crippen LogP contribution in [0.4, 0.5) is 0 Å². The van der Waals surface area contributed by atoms with Crippen molar-refractivity contribution in [2.75, 3.05) is 39.3 Å². The van der Waals surface area contributed by atoms with Gasteiger partial charge in [0.2, 0.25) is 0 Å². The van der Waals surface area contributed by atoms with E-state index in [0.717, 1.165) is 6.54 Å². The first-order valence-corrected chi connectivity index (χ1v) is 7.73. The molecule has 1 saturated heterocycles. The van der Waals surface area contributed by atoms with Gasteiger partial charge >= 0.3 is 0 Å². The Morgan fingerprint density at radius 1 is 1.00 bits per heavy atom. The van der Waals surface area contributed by atoms with E-state index in [1.165, 1.54) is 58.4 Å². The topological polar surface area (TPSA) is 32.5 Å². The highest BCUT2D eigenvalue weighted by atomic mass is 15.3. The van der Waals surface area contributed by atoms with Gasteiger partial charge in [-0.05, 0) is 24.8 Å². The first kappa shape index (κ1) is 14.3. The Hall–Kier alpha value is -0.120. The molecule has 1 atom stereocenters. The predicted octanol–water partition coefficient (Wildman–Crippen LogP) is 1.92. The van der Waals surface area contributed by atoms with Crippen molar-refractivity contribution in [3.05, 3.63) is 0 Å². The maximum atomic E-state index is 6.26. The standard InChI is InChI=1S/C15H31N3/c1-4-17-9-11-18(12-10-17)15(13-16)8-6-5-7-14(15,2)3/h4-13,16H2,1-3H3. The minimum absolute atomic E-state index is 0.255. The molecule has 0 aromatic rings. The molecule has 3 nitrogen and oxygen atoms in total. The number of likely N-dealkylation sites (N-methyl/N-ethyl adjacent to an activating group) is 1. The molecule has 18 heavy (non-hydrogen) atoms. The van der Waals surface area contributed by atoms with Crippen molar-refractivity contribution in [3.63, 3.8) is 0 Å². The molecule has 2 rings (SSSR count). The van der Waals surface area contributed by atoms with E-state index in [4.69, 9.17) is 5.73 Å². The van der Waals surface area contributed by atoms with Crippen molar-refractivity contribution in [3.8, 4) is 0 Å². The number of nitrogens with zero attached hydrogens (tertiary/aromatic N) is 2. The smallest absolute Gasteiger partial charge is 0.0383 e. The monoisotopic (exact) mass is 253 g/mol. The van der Waals surface area contributed by atoms with E-state index >= 15 is 0 Å². The molecule has 0 amide bonds. The van der Waals surface area contributed by atoms with E-state index in [2.05, 4.69) is 30.6 Å². The van der Waals surface area contributed by atoms with E-state index in [1.807, 2.05) is 0 Å². The molecule has 1 heterocycles. The van der Waals surface area contributed by atoms with Crippen molar-refractivity contribution in [1.29, 1.82) is 0 Å². The molecule has 0 spiro atoms. The van der Waals surface area contributed by atoms with Gasteiger partial charge in [-0.3, -0.25) is 4.90 Å². The highest BCUT2D eigenvalue weighted by molar-refractivity contribution is 5.05. The second-order valence-corrected chi connectivity index (χ2v) is 6.75. The van der Waals surface area contributed by atoms with Crippen molar-refractivity contribution in [2.24, 2.45) is 11.1 Å². The number of hydrogen-bond acceptors (Lipinski definition) is 3. The predicted molar refractivity (Wildman–Crippen MR) is 77.7 cm³/mol. The zero-order chi connectivity index (χ0) is 13.2. The number of rotatable bonds is 3. The lowest BCUT2D eigenvalue weighted by molar-refractivity contribution is -0.0642. The molecule has 1 aliphatic heterocycles. The fourth-order valence-electron chi connectivity index (χ4n) is 4.14. The van der Waals surface area contributed by atoms with Crippen LogP contribution in [0.3, 0.4) is 0 Å². The second kappa shape index (κ2) is 5.48. The lowest BCUT2D eigenvalue weighted by atomic mass is 9.62. The normalized spacial score (nSPS) is 34.7. The third-order valence-corrected chi connectivity index (χ3v) is 5.66. The zero-order valence-corrected chi connectivity index (χ0v) is 12.5. The molecular weight excluding hydrogens is 222 g/mol. The van der Waals surface area contributed by atoms with Crippen molar-refractivity contribution >= 4 is 0 Å². The van der Waals surface area contributed by atoms with Gasteiger partial charge in [0.05, 0.1) is 0 Å². The van der Waals surface area contributed by atoms with Gasteiger partial charge in [-0.2, -0.15) is 0 Å². The first-order chi connectivity index (χ1) is 8.55. The average molecular weight is 253 g/mol. The lowest BCUT2D eigenvalue weighted by Crippen LogP contribution is -2.67. The summed E-state index contributed by atoms with van der Waals surface area (Å²) >= 11 is 0. The molecule has 2 aliphatic rings. The molecule has 2 fully saturated rings. The zero-order valence-electron chi connectivity index (χ0n) is 12.5. The van der Waals surface area contributed by atoms with Crippen molar-refractivity contribution < 1.29 is 0 Å². The van der Waals surface area contributed by atoms with Gasteiger partial charge in [0.1, 0.15) is 0 Å². The van der Waals surface area contributed by atoms with Crippen LogP contribution in [0.2, 0.25) is 0 Å². The summed E-state index contributed by atoms with van der Waals surface area (Å²) in [5.41, 5.74) is 6.88. The molecule has 0 aromatic carbocycles. The number of piperazine rings is 1. The van der Waals surface area contributed by atoms with Gasteiger partial charge in [0.15, 0.2) is 0 Å². The van der Waals surface area contributed by atoms with Gasteiger partial charge in [-0.15, -0.1) is 0 Å². The summed E-state index contributed by atoms with van der Waals surface area (Å²) in [6.07, 6.45) is 5.36. The Labute approximate surface area is 113 Å². The third-order valence-electron chi connectivity index (χ3n) is 5.66. The summed E-state index contributed by atoms with van der Waals surface area (Å²) in [6, 6.07) is 0. The Bertz CT molecular complexity index is 269. The Kier molecular flexibility index (Phi) is 4.35. The second-order valence-electron chi connectivity index (χ2n) is 6.75. The van der Waals surface area contributed by atoms with Crippen LogP contribution in [0.5, 0.6) is 0 Å². The van der Waals surface area contributed by atoms with Crippen molar-refractivity contribution in [2.45, 2.75) is 52.0 Å². The van der Waals surface area contributed by atoms with E-state index in [-0.39, 0.29) is 5.54 Å². The molecule has 2 N–H and O–H groups in total. The average Bonchev–Trinajstić information content (AvgIpc) is 2.39. The van der Waals surface area contributed by atoms with Gasteiger partial charge in [0.25, 0.3) is 0 Å². The lowest BCUT2D eigenvalue weighted by Gasteiger charge is -2.57. The fourth-order valence-corrected chi connectivity index (χ4v) is 4.14. The van der Waals surface area contributed by atoms with Gasteiger partial charge < -0.3 is 10.6 Å². The Morgan fingerprint density at radius 2 is 1.61 bits per heavy atom. The number of nitrogens with two attached hydrogens (primary N) is 1. The maximum absolute atomic E-state index is 6.26. The molecule has 3 heteroatoms. The summed E-state index contributed by atoms with van der Waals surface area (Å²) in [4.78, 5) is 5.27. The van der Waals surface area contributed by atoms with E-state index in [0.29, 0.717) is 5.41 Å². The minimum Gasteiger partial charge on any atom is -0.329 e. The Balaban J connectivity index is 2.12. The van der Waals surface area contributed by atoms with Crippen LogP contribution in [-0.2, 0) is 0 Å². The molecular formula is C15H31N3. The van der Waals surface area contributed by atoms with Crippen LogP contribution in [0, 0.1) is 5.41 Å². The molecule has 106 valence electrons. The molecule has 0 radical (unpaired) electrons. The van der Waals surface area contributed by atoms with Crippen LogP contribution in [-0.4, -0.2) is 54.6 Å².